The standard InChI is InChI=1S/C17H27NO2/c1-13(11-18)17(19)15-8-5-9-16(10-15)20-12-14-6-3-2-4-7-14/h5,8-10,13-14,17,19H,2-4,6-7,11-12,18H2,1H3/t13-,17+/m1/s1. The van der Waals surface area contributed by atoms with Crippen LogP contribution in [0.2, 0.25) is 0 Å². The van der Waals surface area contributed by atoms with Crippen molar-refractivity contribution < 1.29 is 9.84 Å². The fraction of sp³-hybridized carbons (Fsp3) is 0.647. The minimum absolute atomic E-state index is 0.0589. The molecular formula is C17H27NO2. The Labute approximate surface area is 122 Å². The normalized spacial score (nSPS) is 19.6. The van der Waals surface area contributed by atoms with Crippen LogP contribution in [0.5, 0.6) is 5.75 Å². The maximum absolute atomic E-state index is 10.2. The Morgan fingerprint density at radius 2 is 2.05 bits per heavy atom. The van der Waals surface area contributed by atoms with E-state index in [0.717, 1.165) is 17.9 Å². The van der Waals surface area contributed by atoms with Crippen molar-refractivity contribution in [2.45, 2.75) is 45.1 Å². The molecule has 20 heavy (non-hydrogen) atoms. The zero-order valence-corrected chi connectivity index (χ0v) is 12.4. The van der Waals surface area contributed by atoms with Gasteiger partial charge in [0.25, 0.3) is 0 Å². The first-order chi connectivity index (χ1) is 9.70. The Morgan fingerprint density at radius 3 is 2.75 bits per heavy atom. The van der Waals surface area contributed by atoms with Crippen LogP contribution in [-0.2, 0) is 0 Å². The van der Waals surface area contributed by atoms with Crippen LogP contribution in [0.3, 0.4) is 0 Å². The van der Waals surface area contributed by atoms with Gasteiger partial charge in [-0.25, -0.2) is 0 Å². The van der Waals surface area contributed by atoms with E-state index in [1.54, 1.807) is 0 Å². The Morgan fingerprint density at radius 1 is 1.30 bits per heavy atom. The highest BCUT2D eigenvalue weighted by atomic mass is 16.5. The summed E-state index contributed by atoms with van der Waals surface area (Å²) in [5.74, 6) is 1.61. The average molecular weight is 277 g/mol. The predicted molar refractivity (Wildman–Crippen MR) is 81.7 cm³/mol. The molecule has 3 heteroatoms. The van der Waals surface area contributed by atoms with E-state index in [0.29, 0.717) is 12.5 Å². The zero-order chi connectivity index (χ0) is 14.4. The van der Waals surface area contributed by atoms with Crippen LogP contribution in [-0.4, -0.2) is 18.3 Å². The molecule has 1 aromatic carbocycles. The van der Waals surface area contributed by atoms with E-state index in [2.05, 4.69) is 0 Å². The lowest BCUT2D eigenvalue weighted by Crippen LogP contribution is -2.19. The molecule has 3 N–H and O–H groups in total. The summed E-state index contributed by atoms with van der Waals surface area (Å²) in [6.07, 6.45) is 6.09. The molecule has 112 valence electrons. The molecule has 2 atom stereocenters. The lowest BCUT2D eigenvalue weighted by Gasteiger charge is -2.22. The van der Waals surface area contributed by atoms with Gasteiger partial charge in [-0.2, -0.15) is 0 Å². The van der Waals surface area contributed by atoms with Gasteiger partial charge >= 0.3 is 0 Å². The monoisotopic (exact) mass is 277 g/mol. The third kappa shape index (κ3) is 4.22. The SMILES string of the molecule is C[C@H](CN)[C@H](O)c1cccc(OCC2CCCCC2)c1. The minimum atomic E-state index is -0.516. The topological polar surface area (TPSA) is 55.5 Å². The summed E-state index contributed by atoms with van der Waals surface area (Å²) in [5, 5.41) is 10.2. The maximum Gasteiger partial charge on any atom is 0.119 e. The van der Waals surface area contributed by atoms with Gasteiger partial charge in [0.2, 0.25) is 0 Å². The summed E-state index contributed by atoms with van der Waals surface area (Å²) < 4.78 is 5.91. The van der Waals surface area contributed by atoms with Crippen molar-refractivity contribution in [3.05, 3.63) is 29.8 Å². The first-order valence-corrected chi connectivity index (χ1v) is 7.81. The van der Waals surface area contributed by atoms with Crippen LogP contribution >= 0.6 is 0 Å². The first kappa shape index (κ1) is 15.3. The molecule has 0 aromatic heterocycles. The second-order valence-electron chi connectivity index (χ2n) is 6.05. The molecule has 1 aliphatic rings. The fourth-order valence-corrected chi connectivity index (χ4v) is 2.81. The number of nitrogens with two attached hydrogens (primary N) is 1. The van der Waals surface area contributed by atoms with Crippen LogP contribution in [0, 0.1) is 11.8 Å². The number of benzene rings is 1. The van der Waals surface area contributed by atoms with Crippen molar-refractivity contribution in [3.8, 4) is 5.75 Å². The maximum atomic E-state index is 10.2. The van der Waals surface area contributed by atoms with Crippen LogP contribution in [0.4, 0.5) is 0 Å². The quantitative estimate of drug-likeness (QED) is 0.839. The molecule has 3 nitrogen and oxygen atoms in total. The number of ether oxygens (including phenoxy) is 1. The van der Waals surface area contributed by atoms with Crippen LogP contribution < -0.4 is 10.5 Å². The van der Waals surface area contributed by atoms with Gasteiger partial charge in [0.1, 0.15) is 5.75 Å². The lowest BCUT2D eigenvalue weighted by molar-refractivity contribution is 0.121. The molecule has 2 rings (SSSR count). The van der Waals surface area contributed by atoms with Gasteiger partial charge in [-0.1, -0.05) is 38.3 Å². The Kier molecular flexibility index (Phi) is 5.86. The van der Waals surface area contributed by atoms with Crippen LogP contribution in [0.15, 0.2) is 24.3 Å². The summed E-state index contributed by atoms with van der Waals surface area (Å²) in [6, 6.07) is 7.79. The number of hydrogen-bond donors (Lipinski definition) is 2. The second-order valence-corrected chi connectivity index (χ2v) is 6.05. The highest BCUT2D eigenvalue weighted by Crippen LogP contribution is 2.27. The molecule has 1 aliphatic carbocycles. The Balaban J connectivity index is 1.91. The van der Waals surface area contributed by atoms with Gasteiger partial charge in [0, 0.05) is 0 Å². The van der Waals surface area contributed by atoms with Gasteiger partial charge < -0.3 is 15.6 Å². The fourth-order valence-electron chi connectivity index (χ4n) is 2.81. The number of aliphatic hydroxyl groups excluding tert-OH is 1. The third-order valence-corrected chi connectivity index (χ3v) is 4.32. The summed E-state index contributed by atoms with van der Waals surface area (Å²) in [4.78, 5) is 0. The van der Waals surface area contributed by atoms with Gasteiger partial charge in [0.15, 0.2) is 0 Å². The molecule has 0 radical (unpaired) electrons. The molecular weight excluding hydrogens is 250 g/mol. The van der Waals surface area contributed by atoms with Gasteiger partial charge in [-0.3, -0.25) is 0 Å². The van der Waals surface area contributed by atoms with Crippen LogP contribution in [0.25, 0.3) is 0 Å². The van der Waals surface area contributed by atoms with Crippen molar-refractivity contribution in [1.29, 1.82) is 0 Å². The van der Waals surface area contributed by atoms with E-state index in [4.69, 9.17) is 10.5 Å². The molecule has 0 saturated heterocycles. The van der Waals surface area contributed by atoms with Crippen molar-refractivity contribution in [3.63, 3.8) is 0 Å². The zero-order valence-electron chi connectivity index (χ0n) is 12.4. The molecule has 0 aliphatic heterocycles. The molecule has 0 heterocycles. The summed E-state index contributed by atoms with van der Waals surface area (Å²) in [7, 11) is 0. The Bertz CT molecular complexity index is 402. The molecule has 1 aromatic rings. The number of rotatable bonds is 6. The number of hydrogen-bond acceptors (Lipinski definition) is 3. The van der Waals surface area contributed by atoms with Crippen molar-refractivity contribution in [1.82, 2.24) is 0 Å². The summed E-state index contributed by atoms with van der Waals surface area (Å²) >= 11 is 0. The minimum Gasteiger partial charge on any atom is -0.493 e. The Hall–Kier alpha value is -1.06. The van der Waals surface area contributed by atoms with Gasteiger partial charge in [-0.05, 0) is 48.9 Å². The second kappa shape index (κ2) is 7.65. The van der Waals surface area contributed by atoms with Crippen molar-refractivity contribution >= 4 is 0 Å². The summed E-state index contributed by atoms with van der Waals surface area (Å²) in [5.41, 5.74) is 6.51. The predicted octanol–water partition coefficient (Wildman–Crippen LogP) is 3.27. The summed E-state index contributed by atoms with van der Waals surface area (Å²) in [6.45, 7) is 3.24. The van der Waals surface area contributed by atoms with E-state index >= 15 is 0 Å². The van der Waals surface area contributed by atoms with E-state index < -0.39 is 6.10 Å². The highest BCUT2D eigenvalue weighted by Gasteiger charge is 2.16. The van der Waals surface area contributed by atoms with E-state index in [1.807, 2.05) is 31.2 Å². The number of aliphatic hydroxyl groups is 1. The largest absolute Gasteiger partial charge is 0.493 e. The molecule has 0 unspecified atom stereocenters. The highest BCUT2D eigenvalue weighted by molar-refractivity contribution is 5.30. The molecule has 0 bridgehead atoms. The third-order valence-electron chi connectivity index (χ3n) is 4.32. The van der Waals surface area contributed by atoms with Crippen molar-refractivity contribution in [2.75, 3.05) is 13.2 Å². The van der Waals surface area contributed by atoms with E-state index in [-0.39, 0.29) is 5.92 Å². The molecule has 0 amide bonds. The van der Waals surface area contributed by atoms with Crippen LogP contribution in [0.1, 0.15) is 50.7 Å². The van der Waals surface area contributed by atoms with Gasteiger partial charge in [0.05, 0.1) is 12.7 Å². The van der Waals surface area contributed by atoms with Crippen molar-refractivity contribution in [2.24, 2.45) is 17.6 Å². The molecule has 1 fully saturated rings. The molecule has 1 saturated carbocycles. The van der Waals surface area contributed by atoms with Gasteiger partial charge in [-0.15, -0.1) is 0 Å². The average Bonchev–Trinajstić information content (AvgIpc) is 2.52. The smallest absolute Gasteiger partial charge is 0.119 e. The van der Waals surface area contributed by atoms with E-state index in [9.17, 15) is 5.11 Å². The lowest BCUT2D eigenvalue weighted by atomic mass is 9.90. The molecule has 0 spiro atoms. The first-order valence-electron chi connectivity index (χ1n) is 7.81. The van der Waals surface area contributed by atoms with E-state index in [1.165, 1.54) is 32.1 Å².